The maximum absolute atomic E-state index is 13.1. The molecule has 1 aliphatic rings. The molecule has 0 saturated carbocycles. The van der Waals surface area contributed by atoms with Gasteiger partial charge in [0.05, 0.1) is 6.33 Å². The largest absolute Gasteiger partial charge is 0.336 e. The number of hydrogen-bond donors (Lipinski definition) is 0. The summed E-state index contributed by atoms with van der Waals surface area (Å²) in [6.45, 7) is 7.57. The van der Waals surface area contributed by atoms with E-state index >= 15 is 0 Å². The van der Waals surface area contributed by atoms with E-state index in [-0.39, 0.29) is 17.4 Å². The van der Waals surface area contributed by atoms with Crippen LogP contribution in [0.1, 0.15) is 49.5 Å². The average molecular weight is 400 g/mol. The topological polar surface area (TPSA) is 55.2 Å². The highest BCUT2D eigenvalue weighted by Crippen LogP contribution is 2.24. The second-order valence-electron chi connectivity index (χ2n) is 8.30. The number of carbonyl (C=O) groups is 2. The van der Waals surface area contributed by atoms with Crippen molar-refractivity contribution in [3.8, 4) is 0 Å². The van der Waals surface area contributed by atoms with E-state index in [0.717, 1.165) is 29.9 Å². The Morgan fingerprint density at radius 2 is 1.86 bits per heavy atom. The number of aromatic nitrogens is 2. The van der Waals surface area contributed by atoms with Gasteiger partial charge in [-0.05, 0) is 35.3 Å². The molecule has 2 aromatic rings. The summed E-state index contributed by atoms with van der Waals surface area (Å²) in [5.41, 5.74) is 1.64. The quantitative estimate of drug-likeness (QED) is 0.548. The van der Waals surface area contributed by atoms with Crippen LogP contribution in [0.25, 0.3) is 0 Å². The third-order valence-corrected chi connectivity index (χ3v) is 6.31. The molecule has 150 valence electrons. The van der Waals surface area contributed by atoms with Crippen molar-refractivity contribution in [2.24, 2.45) is 0 Å². The number of amides is 1. The van der Waals surface area contributed by atoms with Crippen molar-refractivity contribution in [3.05, 3.63) is 54.1 Å². The highest BCUT2D eigenvalue weighted by atomic mass is 32.2. The second-order valence-corrected chi connectivity index (χ2v) is 9.52. The number of carbonyl (C=O) groups excluding carboxylic acids is 2. The van der Waals surface area contributed by atoms with Crippen molar-refractivity contribution < 1.29 is 9.59 Å². The van der Waals surface area contributed by atoms with E-state index in [9.17, 15) is 9.59 Å². The van der Waals surface area contributed by atoms with Crippen molar-refractivity contribution >= 4 is 23.5 Å². The molecule has 1 aromatic heterocycles. The van der Waals surface area contributed by atoms with Gasteiger partial charge in [-0.2, -0.15) is 11.8 Å². The zero-order valence-electron chi connectivity index (χ0n) is 16.9. The molecule has 28 heavy (non-hydrogen) atoms. The number of thioether (sulfide) groups is 1. The number of Topliss-reactive ketones (excluding diaryl/α,β-unsaturated/α-hetero) is 1. The lowest BCUT2D eigenvalue weighted by Crippen LogP contribution is -2.47. The molecular weight excluding hydrogens is 370 g/mol. The van der Waals surface area contributed by atoms with E-state index in [1.165, 1.54) is 0 Å². The number of ketones is 1. The predicted molar refractivity (Wildman–Crippen MR) is 114 cm³/mol. The van der Waals surface area contributed by atoms with E-state index in [1.807, 2.05) is 34.7 Å². The number of benzene rings is 1. The summed E-state index contributed by atoms with van der Waals surface area (Å²) >= 11 is 1.91. The summed E-state index contributed by atoms with van der Waals surface area (Å²) in [6.07, 6.45) is 7.23. The first-order valence-corrected chi connectivity index (χ1v) is 11.0. The Morgan fingerprint density at radius 1 is 1.18 bits per heavy atom. The van der Waals surface area contributed by atoms with Gasteiger partial charge < -0.3 is 9.47 Å². The molecule has 0 aliphatic carbocycles. The summed E-state index contributed by atoms with van der Waals surface area (Å²) in [7, 11) is 0. The van der Waals surface area contributed by atoms with Crippen LogP contribution in [0.3, 0.4) is 0 Å². The maximum Gasteiger partial charge on any atom is 0.295 e. The molecular formula is C22H29N3O2S. The minimum absolute atomic E-state index is 0.0161. The Bertz CT molecular complexity index is 788. The minimum Gasteiger partial charge on any atom is -0.336 e. The van der Waals surface area contributed by atoms with Crippen LogP contribution in [0, 0.1) is 0 Å². The van der Waals surface area contributed by atoms with Gasteiger partial charge in [0.15, 0.2) is 0 Å². The lowest BCUT2D eigenvalue weighted by atomic mass is 9.86. The third-order valence-electron chi connectivity index (χ3n) is 5.26. The Kier molecular flexibility index (Phi) is 6.60. The summed E-state index contributed by atoms with van der Waals surface area (Å²) in [5.74, 6) is 1.27. The van der Waals surface area contributed by atoms with Crippen molar-refractivity contribution in [1.82, 2.24) is 14.5 Å². The van der Waals surface area contributed by atoms with Gasteiger partial charge in [0.2, 0.25) is 5.78 Å². The van der Waals surface area contributed by atoms with Crippen molar-refractivity contribution in [2.75, 3.05) is 18.1 Å². The molecule has 0 bridgehead atoms. The maximum atomic E-state index is 13.1. The molecule has 1 saturated heterocycles. The third kappa shape index (κ3) is 5.04. The fourth-order valence-electron chi connectivity index (χ4n) is 3.46. The molecule has 6 heteroatoms. The molecule has 1 amide bonds. The van der Waals surface area contributed by atoms with Gasteiger partial charge in [0, 0.05) is 37.1 Å². The minimum atomic E-state index is -0.413. The smallest absolute Gasteiger partial charge is 0.295 e. The van der Waals surface area contributed by atoms with Gasteiger partial charge in [-0.1, -0.05) is 45.0 Å². The van der Waals surface area contributed by atoms with Gasteiger partial charge in [0.25, 0.3) is 5.91 Å². The van der Waals surface area contributed by atoms with E-state index in [0.29, 0.717) is 18.7 Å². The molecule has 1 fully saturated rings. The van der Waals surface area contributed by atoms with Crippen molar-refractivity contribution in [2.45, 2.75) is 51.6 Å². The fourth-order valence-corrected chi connectivity index (χ4v) is 4.55. The Hall–Kier alpha value is -2.08. The highest BCUT2D eigenvalue weighted by Gasteiger charge is 2.30. The number of imidazole rings is 1. The molecule has 1 aliphatic heterocycles. The Labute approximate surface area is 171 Å². The van der Waals surface area contributed by atoms with Gasteiger partial charge in [0.1, 0.15) is 0 Å². The van der Waals surface area contributed by atoms with Crippen molar-refractivity contribution in [3.63, 3.8) is 0 Å². The summed E-state index contributed by atoms with van der Waals surface area (Å²) < 4.78 is 1.94. The molecule has 0 N–H and O–H groups in total. The van der Waals surface area contributed by atoms with Crippen LogP contribution in [0.4, 0.5) is 0 Å². The van der Waals surface area contributed by atoms with Gasteiger partial charge in [-0.25, -0.2) is 4.98 Å². The van der Waals surface area contributed by atoms with Gasteiger partial charge >= 0.3 is 0 Å². The summed E-state index contributed by atoms with van der Waals surface area (Å²) in [6, 6.07) is 7.60. The first-order valence-electron chi connectivity index (χ1n) is 9.85. The van der Waals surface area contributed by atoms with Crippen LogP contribution in [-0.2, 0) is 16.8 Å². The molecule has 0 atom stereocenters. The molecule has 5 nitrogen and oxygen atoms in total. The molecule has 0 spiro atoms. The predicted octanol–water partition coefficient (Wildman–Crippen LogP) is 3.79. The van der Waals surface area contributed by atoms with Crippen LogP contribution >= 0.6 is 11.8 Å². The zero-order chi connectivity index (χ0) is 20.1. The monoisotopic (exact) mass is 399 g/mol. The lowest BCUT2D eigenvalue weighted by Gasteiger charge is -2.34. The Balaban J connectivity index is 1.75. The first kappa shape index (κ1) is 20.6. The molecule has 0 radical (unpaired) electrons. The first-order chi connectivity index (χ1) is 13.4. The summed E-state index contributed by atoms with van der Waals surface area (Å²) in [5, 5.41) is 0. The molecule has 1 aromatic carbocycles. The SMILES string of the molecule is CC(C)(C)c1ccc(C(=O)C(=O)N(CCn2ccnc2)C2CCSCC2)cc1. The van der Waals surface area contributed by atoms with E-state index in [4.69, 9.17) is 0 Å². The number of rotatable bonds is 6. The van der Waals surface area contributed by atoms with Crippen LogP contribution < -0.4 is 0 Å². The zero-order valence-corrected chi connectivity index (χ0v) is 17.7. The number of hydrogen-bond acceptors (Lipinski definition) is 4. The Morgan fingerprint density at radius 3 is 2.43 bits per heavy atom. The van der Waals surface area contributed by atoms with E-state index in [1.54, 1.807) is 29.6 Å². The highest BCUT2D eigenvalue weighted by molar-refractivity contribution is 7.99. The van der Waals surface area contributed by atoms with Crippen molar-refractivity contribution in [1.29, 1.82) is 0 Å². The molecule has 2 heterocycles. The summed E-state index contributed by atoms with van der Waals surface area (Å²) in [4.78, 5) is 31.9. The second kappa shape index (κ2) is 8.95. The van der Waals surface area contributed by atoms with Crippen LogP contribution in [0.15, 0.2) is 43.0 Å². The van der Waals surface area contributed by atoms with Gasteiger partial charge in [-0.15, -0.1) is 0 Å². The van der Waals surface area contributed by atoms with E-state index < -0.39 is 5.78 Å². The van der Waals surface area contributed by atoms with Crippen LogP contribution in [-0.4, -0.2) is 50.2 Å². The average Bonchev–Trinajstić information content (AvgIpc) is 3.21. The standard InChI is InChI=1S/C22H29N3O2S/c1-22(2,3)18-6-4-17(5-7-18)20(26)21(27)25(19-8-14-28-15-9-19)13-12-24-11-10-23-16-24/h4-7,10-11,16,19H,8-9,12-15H2,1-3H3. The van der Waals surface area contributed by atoms with E-state index in [2.05, 4.69) is 25.8 Å². The van der Waals surface area contributed by atoms with Crippen LogP contribution in [0.5, 0.6) is 0 Å². The fraction of sp³-hybridized carbons (Fsp3) is 0.500. The van der Waals surface area contributed by atoms with Crippen LogP contribution in [0.2, 0.25) is 0 Å². The lowest BCUT2D eigenvalue weighted by molar-refractivity contribution is -0.129. The number of nitrogens with zero attached hydrogens (tertiary/aromatic N) is 3. The molecule has 0 unspecified atom stereocenters. The van der Waals surface area contributed by atoms with Gasteiger partial charge in [-0.3, -0.25) is 9.59 Å². The molecule has 3 rings (SSSR count). The normalized spacial score (nSPS) is 15.4.